The topological polar surface area (TPSA) is 36.9 Å². The van der Waals surface area contributed by atoms with Gasteiger partial charge < -0.3 is 4.42 Å². The molecule has 3 heteroatoms. The van der Waals surface area contributed by atoms with Crippen LogP contribution in [0.3, 0.4) is 0 Å². The number of fused-ring (bicyclic) bond motifs is 6. The third kappa shape index (κ3) is 3.55. The van der Waals surface area contributed by atoms with E-state index in [0.717, 1.165) is 49.8 Å². The first kappa shape index (κ1) is 22.8. The fourth-order valence-corrected chi connectivity index (χ4v) is 7.00. The van der Waals surface area contributed by atoms with E-state index in [1.54, 1.807) is 0 Å². The summed E-state index contributed by atoms with van der Waals surface area (Å²) < 4.78 is 8.81. The monoisotopic (exact) mass is 527 g/mol. The molecule has 0 spiro atoms. The summed E-state index contributed by atoms with van der Waals surface area (Å²) in [5.41, 5.74) is 9.05. The van der Waals surface area contributed by atoms with E-state index in [4.69, 9.17) is 4.42 Å². The molecule has 6 aromatic carbocycles. The molecule has 0 fully saturated rings. The Kier molecular flexibility index (Phi) is 5.10. The van der Waals surface area contributed by atoms with E-state index in [9.17, 15) is 5.26 Å². The highest BCUT2D eigenvalue weighted by molar-refractivity contribution is 7.25. The molecule has 0 saturated heterocycles. The second-order valence-corrected chi connectivity index (χ2v) is 11.1. The van der Waals surface area contributed by atoms with Crippen molar-refractivity contribution in [1.82, 2.24) is 0 Å². The molecule has 0 unspecified atom stereocenters. The smallest absolute Gasteiger partial charge is 0.136 e. The molecule has 0 N–H and O–H groups in total. The molecule has 0 aliphatic carbocycles. The largest absolute Gasteiger partial charge is 0.456 e. The van der Waals surface area contributed by atoms with E-state index in [1.165, 1.54) is 25.7 Å². The summed E-state index contributed by atoms with van der Waals surface area (Å²) in [5.74, 6) is 0. The molecule has 0 amide bonds. The summed E-state index contributed by atoms with van der Waals surface area (Å²) >= 11 is 1.83. The summed E-state index contributed by atoms with van der Waals surface area (Å²) in [4.78, 5) is 0. The van der Waals surface area contributed by atoms with Crippen molar-refractivity contribution in [1.29, 1.82) is 5.26 Å². The second kappa shape index (κ2) is 8.95. The van der Waals surface area contributed by atoms with Crippen molar-refractivity contribution in [2.24, 2.45) is 0 Å². The molecule has 2 heterocycles. The lowest BCUT2D eigenvalue weighted by molar-refractivity contribution is 0.669. The predicted octanol–water partition coefficient (Wildman–Crippen LogP) is 10.8. The molecule has 0 saturated carbocycles. The summed E-state index contributed by atoms with van der Waals surface area (Å²) in [6, 6.07) is 46.7. The van der Waals surface area contributed by atoms with Gasteiger partial charge in [0.1, 0.15) is 11.2 Å². The van der Waals surface area contributed by atoms with Crippen LogP contribution in [0, 0.1) is 11.3 Å². The molecular weight excluding hydrogens is 506 g/mol. The van der Waals surface area contributed by atoms with Gasteiger partial charge in [-0.1, -0.05) is 78.9 Å². The Morgan fingerprint density at radius 1 is 0.500 bits per heavy atom. The van der Waals surface area contributed by atoms with Gasteiger partial charge in [0.25, 0.3) is 0 Å². The highest BCUT2D eigenvalue weighted by Crippen LogP contribution is 2.43. The zero-order valence-electron chi connectivity index (χ0n) is 21.4. The lowest BCUT2D eigenvalue weighted by atomic mass is 9.89. The van der Waals surface area contributed by atoms with Crippen LogP contribution in [0.25, 0.3) is 75.5 Å². The van der Waals surface area contributed by atoms with Crippen LogP contribution < -0.4 is 0 Å². The Bertz CT molecular complexity index is 2300. The average Bonchev–Trinajstić information content (AvgIpc) is 3.58. The molecule has 0 aliphatic rings. The van der Waals surface area contributed by atoms with Crippen molar-refractivity contribution in [3.05, 3.63) is 133 Å². The third-order valence-corrected chi connectivity index (χ3v) is 8.86. The van der Waals surface area contributed by atoms with E-state index in [2.05, 4.69) is 97.1 Å². The number of para-hydroxylation sites is 1. The van der Waals surface area contributed by atoms with Gasteiger partial charge in [0.2, 0.25) is 0 Å². The standard InChI is InChI=1S/C37H21NOS/c38-22-23-7-5-8-24(19-23)32-20-25(28-11-6-14-36-37(28)31-10-2-4-13-35(31)40-36)15-17-27(32)26-16-18-30-29-9-1-3-12-33(29)39-34(30)21-26/h1-21H. The van der Waals surface area contributed by atoms with Crippen LogP contribution in [0.1, 0.15) is 5.56 Å². The number of hydrogen-bond donors (Lipinski definition) is 0. The van der Waals surface area contributed by atoms with Gasteiger partial charge in [0.05, 0.1) is 11.6 Å². The molecule has 2 nitrogen and oxygen atoms in total. The number of benzene rings is 6. The number of nitriles is 1. The molecule has 8 rings (SSSR count). The van der Waals surface area contributed by atoms with Crippen LogP contribution in [-0.2, 0) is 0 Å². The Labute approximate surface area is 235 Å². The summed E-state index contributed by atoms with van der Waals surface area (Å²) in [6.07, 6.45) is 0. The molecule has 0 bridgehead atoms. The van der Waals surface area contributed by atoms with E-state index >= 15 is 0 Å². The molecular formula is C37H21NOS. The van der Waals surface area contributed by atoms with Gasteiger partial charge in [-0.3, -0.25) is 0 Å². The zero-order chi connectivity index (χ0) is 26.6. The minimum absolute atomic E-state index is 0.646. The van der Waals surface area contributed by atoms with Crippen molar-refractivity contribution in [3.63, 3.8) is 0 Å². The van der Waals surface area contributed by atoms with E-state index in [0.29, 0.717) is 5.56 Å². The molecule has 0 aliphatic heterocycles. The number of thiophene rings is 1. The Balaban J connectivity index is 1.38. The number of rotatable bonds is 3. The van der Waals surface area contributed by atoms with Crippen LogP contribution in [-0.4, -0.2) is 0 Å². The van der Waals surface area contributed by atoms with E-state index in [-0.39, 0.29) is 0 Å². The second-order valence-electron chi connectivity index (χ2n) is 10.0. The summed E-state index contributed by atoms with van der Waals surface area (Å²) in [6.45, 7) is 0. The first-order valence-corrected chi connectivity index (χ1v) is 14.1. The lowest BCUT2D eigenvalue weighted by Gasteiger charge is -2.14. The highest BCUT2D eigenvalue weighted by atomic mass is 32.1. The fraction of sp³-hybridized carbons (Fsp3) is 0. The minimum atomic E-state index is 0.646. The van der Waals surface area contributed by atoms with Gasteiger partial charge in [-0.25, -0.2) is 0 Å². The molecule has 0 atom stereocenters. The Hall–Kier alpha value is -5.17. The van der Waals surface area contributed by atoms with Crippen LogP contribution >= 0.6 is 11.3 Å². The summed E-state index contributed by atoms with van der Waals surface area (Å²) in [7, 11) is 0. The number of nitrogens with zero attached hydrogens (tertiary/aromatic N) is 1. The number of hydrogen-bond acceptors (Lipinski definition) is 3. The van der Waals surface area contributed by atoms with Gasteiger partial charge in [0.15, 0.2) is 0 Å². The van der Waals surface area contributed by atoms with E-state index < -0.39 is 0 Å². The van der Waals surface area contributed by atoms with Gasteiger partial charge in [-0.2, -0.15) is 5.26 Å². The van der Waals surface area contributed by atoms with E-state index in [1.807, 2.05) is 47.7 Å². The normalized spacial score (nSPS) is 11.5. The van der Waals surface area contributed by atoms with Crippen molar-refractivity contribution in [3.8, 4) is 39.4 Å². The third-order valence-electron chi connectivity index (χ3n) is 7.73. The molecule has 2 aromatic heterocycles. The first-order valence-electron chi connectivity index (χ1n) is 13.2. The SMILES string of the molecule is N#Cc1cccc(-c2cc(-c3cccc4sc5ccccc5c34)ccc2-c2ccc3c(c2)oc2ccccc23)c1. The fourth-order valence-electron chi connectivity index (χ4n) is 5.87. The van der Waals surface area contributed by atoms with Gasteiger partial charge in [-0.05, 0) is 81.9 Å². The summed E-state index contributed by atoms with van der Waals surface area (Å²) in [5, 5.41) is 14.5. The Morgan fingerprint density at radius 3 is 2.15 bits per heavy atom. The van der Waals surface area contributed by atoms with Crippen molar-refractivity contribution < 1.29 is 4.42 Å². The molecule has 186 valence electrons. The lowest BCUT2D eigenvalue weighted by Crippen LogP contribution is -1.89. The van der Waals surface area contributed by atoms with Crippen LogP contribution in [0.5, 0.6) is 0 Å². The highest BCUT2D eigenvalue weighted by Gasteiger charge is 2.16. The minimum Gasteiger partial charge on any atom is -0.456 e. The van der Waals surface area contributed by atoms with Crippen LogP contribution in [0.4, 0.5) is 0 Å². The quantitative estimate of drug-likeness (QED) is 0.229. The zero-order valence-corrected chi connectivity index (χ0v) is 22.2. The maximum Gasteiger partial charge on any atom is 0.136 e. The average molecular weight is 528 g/mol. The number of furan rings is 1. The Morgan fingerprint density at radius 2 is 1.23 bits per heavy atom. The van der Waals surface area contributed by atoms with Crippen molar-refractivity contribution in [2.75, 3.05) is 0 Å². The molecule has 8 aromatic rings. The van der Waals surface area contributed by atoms with Gasteiger partial charge >= 0.3 is 0 Å². The molecule has 40 heavy (non-hydrogen) atoms. The van der Waals surface area contributed by atoms with Gasteiger partial charge in [0, 0.05) is 30.9 Å². The van der Waals surface area contributed by atoms with Gasteiger partial charge in [-0.15, -0.1) is 11.3 Å². The maximum atomic E-state index is 9.65. The maximum absolute atomic E-state index is 9.65. The van der Waals surface area contributed by atoms with Crippen molar-refractivity contribution >= 4 is 53.4 Å². The molecule has 0 radical (unpaired) electrons. The first-order chi connectivity index (χ1) is 19.8. The van der Waals surface area contributed by atoms with Crippen molar-refractivity contribution in [2.45, 2.75) is 0 Å². The predicted molar refractivity (Wildman–Crippen MR) is 168 cm³/mol. The van der Waals surface area contributed by atoms with Crippen LogP contribution in [0.15, 0.2) is 132 Å². The van der Waals surface area contributed by atoms with Crippen LogP contribution in [0.2, 0.25) is 0 Å².